The van der Waals surface area contributed by atoms with Crippen molar-refractivity contribution in [1.82, 2.24) is 5.32 Å². The van der Waals surface area contributed by atoms with Crippen LogP contribution in [-0.4, -0.2) is 32.4 Å². The first-order chi connectivity index (χ1) is 8.75. The number of benzene rings is 1. The van der Waals surface area contributed by atoms with Gasteiger partial charge in [-0.1, -0.05) is 0 Å². The average molecular weight is 271 g/mol. The lowest BCUT2D eigenvalue weighted by atomic mass is 10.1. The fourth-order valence-corrected chi connectivity index (χ4v) is 2.12. The lowest BCUT2D eigenvalue weighted by molar-refractivity contribution is 0.0163. The number of piperidine rings is 1. The molecule has 0 atom stereocenters. The topological polar surface area (TPSA) is 30.5 Å². The third-order valence-corrected chi connectivity index (χ3v) is 3.17. The summed E-state index contributed by atoms with van der Waals surface area (Å²) < 4.78 is 24.4. The Balaban J connectivity index is 1.68. The normalized spacial score (nSPS) is 16.8. The van der Waals surface area contributed by atoms with Crippen LogP contribution in [0, 0.1) is 5.82 Å². The van der Waals surface area contributed by atoms with Crippen molar-refractivity contribution >= 4 is 12.6 Å². The highest BCUT2D eigenvalue weighted by atomic mass is 32.1. The van der Waals surface area contributed by atoms with Crippen molar-refractivity contribution in [1.29, 1.82) is 0 Å². The Hall–Kier alpha value is -0.780. The van der Waals surface area contributed by atoms with Crippen LogP contribution in [0.2, 0.25) is 0 Å². The number of hydrogen-bond donors (Lipinski definition) is 2. The van der Waals surface area contributed by atoms with E-state index in [0.29, 0.717) is 24.2 Å². The van der Waals surface area contributed by atoms with Crippen LogP contribution in [-0.2, 0) is 4.74 Å². The minimum absolute atomic E-state index is 0.252. The summed E-state index contributed by atoms with van der Waals surface area (Å²) in [4.78, 5) is 0.589. The van der Waals surface area contributed by atoms with E-state index in [9.17, 15) is 4.39 Å². The number of hydrogen-bond acceptors (Lipinski definition) is 4. The van der Waals surface area contributed by atoms with Crippen LogP contribution in [0.25, 0.3) is 0 Å². The monoisotopic (exact) mass is 271 g/mol. The van der Waals surface area contributed by atoms with Gasteiger partial charge in [-0.05, 0) is 44.1 Å². The van der Waals surface area contributed by atoms with Gasteiger partial charge in [0.25, 0.3) is 0 Å². The maximum absolute atomic E-state index is 13.4. The van der Waals surface area contributed by atoms with Crippen molar-refractivity contribution in [3.8, 4) is 5.75 Å². The Labute approximate surface area is 112 Å². The van der Waals surface area contributed by atoms with Crippen LogP contribution in [0.5, 0.6) is 5.75 Å². The Morgan fingerprint density at radius 3 is 2.78 bits per heavy atom. The van der Waals surface area contributed by atoms with Crippen molar-refractivity contribution in [3.05, 3.63) is 24.0 Å². The molecule has 1 aromatic carbocycles. The smallest absolute Gasteiger partial charge is 0.166 e. The molecule has 0 saturated carbocycles. The molecular weight excluding hydrogens is 253 g/mol. The third kappa shape index (κ3) is 4.15. The molecule has 0 aliphatic carbocycles. The van der Waals surface area contributed by atoms with Crippen LogP contribution >= 0.6 is 12.6 Å². The van der Waals surface area contributed by atoms with Crippen molar-refractivity contribution in [2.24, 2.45) is 0 Å². The maximum Gasteiger partial charge on any atom is 0.166 e. The standard InChI is InChI=1S/C13H18FNO2S/c14-12-9-11(18)1-2-13(12)17-8-7-16-10-3-5-15-6-4-10/h1-2,9-10,15,18H,3-8H2. The van der Waals surface area contributed by atoms with Gasteiger partial charge in [0.15, 0.2) is 11.6 Å². The molecule has 100 valence electrons. The average Bonchev–Trinajstić information content (AvgIpc) is 2.38. The van der Waals surface area contributed by atoms with E-state index in [0.717, 1.165) is 25.9 Å². The molecule has 1 aliphatic rings. The van der Waals surface area contributed by atoms with Crippen LogP contribution in [0.3, 0.4) is 0 Å². The second kappa shape index (κ2) is 6.97. The van der Waals surface area contributed by atoms with Gasteiger partial charge >= 0.3 is 0 Å². The molecule has 1 aromatic rings. The molecule has 1 fully saturated rings. The highest BCUT2D eigenvalue weighted by molar-refractivity contribution is 7.80. The summed E-state index contributed by atoms with van der Waals surface area (Å²) in [7, 11) is 0. The largest absolute Gasteiger partial charge is 0.488 e. The fraction of sp³-hybridized carbons (Fsp3) is 0.538. The maximum atomic E-state index is 13.4. The zero-order chi connectivity index (χ0) is 12.8. The third-order valence-electron chi connectivity index (χ3n) is 2.90. The van der Waals surface area contributed by atoms with Crippen LogP contribution in [0.4, 0.5) is 4.39 Å². The van der Waals surface area contributed by atoms with Gasteiger partial charge in [0.2, 0.25) is 0 Å². The van der Waals surface area contributed by atoms with Crippen molar-refractivity contribution in [3.63, 3.8) is 0 Å². The zero-order valence-corrected chi connectivity index (χ0v) is 11.1. The van der Waals surface area contributed by atoms with E-state index in [1.54, 1.807) is 12.1 Å². The van der Waals surface area contributed by atoms with E-state index in [4.69, 9.17) is 9.47 Å². The molecule has 18 heavy (non-hydrogen) atoms. The van der Waals surface area contributed by atoms with Gasteiger partial charge in [-0.2, -0.15) is 0 Å². The summed E-state index contributed by atoms with van der Waals surface area (Å²) in [6.07, 6.45) is 2.37. The van der Waals surface area contributed by atoms with Gasteiger partial charge in [-0.3, -0.25) is 0 Å². The van der Waals surface area contributed by atoms with E-state index in [1.807, 2.05) is 0 Å². The minimum atomic E-state index is -0.385. The van der Waals surface area contributed by atoms with E-state index >= 15 is 0 Å². The highest BCUT2D eigenvalue weighted by Crippen LogP contribution is 2.20. The number of thiol groups is 1. The van der Waals surface area contributed by atoms with Crippen molar-refractivity contribution in [2.75, 3.05) is 26.3 Å². The predicted octanol–water partition coefficient (Wildman–Crippen LogP) is 2.26. The van der Waals surface area contributed by atoms with E-state index in [-0.39, 0.29) is 11.6 Å². The number of halogens is 1. The summed E-state index contributed by atoms with van der Waals surface area (Å²) in [5, 5.41) is 3.28. The van der Waals surface area contributed by atoms with Crippen molar-refractivity contribution < 1.29 is 13.9 Å². The molecule has 1 N–H and O–H groups in total. The molecule has 1 aliphatic heterocycles. The molecule has 0 spiro atoms. The van der Waals surface area contributed by atoms with Crippen LogP contribution in [0.15, 0.2) is 23.1 Å². The number of ether oxygens (including phenoxy) is 2. The zero-order valence-electron chi connectivity index (χ0n) is 10.2. The molecule has 2 rings (SSSR count). The van der Waals surface area contributed by atoms with Gasteiger partial charge in [-0.25, -0.2) is 4.39 Å². The quantitative estimate of drug-likeness (QED) is 0.636. The second-order valence-electron chi connectivity index (χ2n) is 4.28. The van der Waals surface area contributed by atoms with Gasteiger partial charge in [0.1, 0.15) is 6.61 Å². The Morgan fingerprint density at radius 2 is 2.06 bits per heavy atom. The summed E-state index contributed by atoms with van der Waals surface area (Å²) in [6, 6.07) is 4.63. The van der Waals surface area contributed by atoms with E-state index in [1.165, 1.54) is 6.07 Å². The SMILES string of the molecule is Fc1cc(S)ccc1OCCOC1CCNCC1. The van der Waals surface area contributed by atoms with E-state index < -0.39 is 0 Å². The Morgan fingerprint density at radius 1 is 1.28 bits per heavy atom. The van der Waals surface area contributed by atoms with Gasteiger partial charge in [0, 0.05) is 4.90 Å². The number of nitrogens with one attached hydrogen (secondary N) is 1. The van der Waals surface area contributed by atoms with E-state index in [2.05, 4.69) is 17.9 Å². The Kier molecular flexibility index (Phi) is 5.28. The molecule has 5 heteroatoms. The fourth-order valence-electron chi connectivity index (χ4n) is 1.94. The lowest BCUT2D eigenvalue weighted by Gasteiger charge is -2.22. The molecule has 1 heterocycles. The van der Waals surface area contributed by atoms with Crippen molar-refractivity contribution in [2.45, 2.75) is 23.8 Å². The first kappa shape index (κ1) is 13.6. The first-order valence-corrected chi connectivity index (χ1v) is 6.64. The van der Waals surface area contributed by atoms with Crippen LogP contribution < -0.4 is 10.1 Å². The molecule has 0 radical (unpaired) electrons. The van der Waals surface area contributed by atoms with Gasteiger partial charge < -0.3 is 14.8 Å². The summed E-state index contributed by atoms with van der Waals surface area (Å²) in [5.41, 5.74) is 0. The van der Waals surface area contributed by atoms with Crippen LogP contribution in [0.1, 0.15) is 12.8 Å². The second-order valence-corrected chi connectivity index (χ2v) is 4.80. The first-order valence-electron chi connectivity index (χ1n) is 6.19. The minimum Gasteiger partial charge on any atom is -0.488 e. The molecule has 0 bridgehead atoms. The summed E-state index contributed by atoms with van der Waals surface area (Å²) >= 11 is 4.05. The lowest BCUT2D eigenvalue weighted by Crippen LogP contribution is -2.33. The van der Waals surface area contributed by atoms with Gasteiger partial charge in [-0.15, -0.1) is 12.6 Å². The van der Waals surface area contributed by atoms with Gasteiger partial charge in [0.05, 0.1) is 12.7 Å². The molecule has 1 saturated heterocycles. The molecule has 0 amide bonds. The Bertz CT molecular complexity index is 383. The summed E-state index contributed by atoms with van der Waals surface area (Å²) in [5.74, 6) is -0.133. The molecule has 0 unspecified atom stereocenters. The predicted molar refractivity (Wildman–Crippen MR) is 71.0 cm³/mol. The summed E-state index contributed by atoms with van der Waals surface area (Å²) in [6.45, 7) is 2.87. The highest BCUT2D eigenvalue weighted by Gasteiger charge is 2.12. The molecular formula is C13H18FNO2S. The number of rotatable bonds is 5. The molecule has 0 aromatic heterocycles. The molecule has 3 nitrogen and oxygen atoms in total.